The van der Waals surface area contributed by atoms with Crippen LogP contribution in [-0.4, -0.2) is 42.4 Å². The van der Waals surface area contributed by atoms with Gasteiger partial charge in [0.1, 0.15) is 6.04 Å². The van der Waals surface area contributed by atoms with Crippen molar-refractivity contribution in [1.82, 2.24) is 9.80 Å². The number of carbonyl (C=O) groups is 1. The summed E-state index contributed by atoms with van der Waals surface area (Å²) in [6.07, 6.45) is 4.58. The molecule has 0 N–H and O–H groups in total. The molecule has 1 saturated heterocycles. The van der Waals surface area contributed by atoms with Gasteiger partial charge in [0.05, 0.1) is 0 Å². The first-order valence-corrected chi connectivity index (χ1v) is 7.78. The highest BCUT2D eigenvalue weighted by Gasteiger charge is 2.30. The second-order valence-corrected chi connectivity index (χ2v) is 5.68. The molecule has 1 heterocycles. The van der Waals surface area contributed by atoms with Gasteiger partial charge in [-0.15, -0.1) is 0 Å². The van der Waals surface area contributed by atoms with E-state index in [1.54, 1.807) is 0 Å². The predicted octanol–water partition coefficient (Wildman–Crippen LogP) is 3.08. The second-order valence-electron chi connectivity index (χ2n) is 5.68. The van der Waals surface area contributed by atoms with Crippen LogP contribution >= 0.6 is 0 Å². The topological polar surface area (TPSA) is 23.6 Å². The number of nitrogens with zero attached hydrogens (tertiary/aromatic N) is 2. The molecule has 3 nitrogen and oxygen atoms in total. The van der Waals surface area contributed by atoms with E-state index in [0.29, 0.717) is 0 Å². The van der Waals surface area contributed by atoms with Crippen LogP contribution in [0.5, 0.6) is 0 Å². The number of likely N-dealkylation sites (tertiary alicyclic amines) is 1. The molecule has 1 unspecified atom stereocenters. The Morgan fingerprint density at radius 3 is 2.50 bits per heavy atom. The predicted molar refractivity (Wildman–Crippen MR) is 82.5 cm³/mol. The van der Waals surface area contributed by atoms with Crippen molar-refractivity contribution in [3.63, 3.8) is 0 Å². The molecule has 1 fully saturated rings. The van der Waals surface area contributed by atoms with Crippen LogP contribution in [0.4, 0.5) is 0 Å². The molecule has 0 radical (unpaired) electrons. The summed E-state index contributed by atoms with van der Waals surface area (Å²) in [5.74, 6) is 0.271. The molecule has 1 amide bonds. The zero-order chi connectivity index (χ0) is 14.4. The molecule has 0 bridgehead atoms. The number of hydrogen-bond donors (Lipinski definition) is 0. The summed E-state index contributed by atoms with van der Waals surface area (Å²) in [6, 6.07) is 10.1. The fourth-order valence-corrected chi connectivity index (χ4v) is 2.87. The third-order valence-corrected chi connectivity index (χ3v) is 4.07. The third kappa shape index (κ3) is 3.60. The number of unbranched alkanes of at least 4 members (excludes halogenated alkanes) is 1. The minimum atomic E-state index is -0.124. The Kier molecular flexibility index (Phi) is 5.60. The molecule has 0 aliphatic carbocycles. The van der Waals surface area contributed by atoms with Crippen LogP contribution in [0.1, 0.15) is 44.2 Å². The van der Waals surface area contributed by atoms with Gasteiger partial charge in [0.15, 0.2) is 0 Å². The van der Waals surface area contributed by atoms with Gasteiger partial charge in [0, 0.05) is 13.1 Å². The maximum absolute atomic E-state index is 12.8. The Balaban J connectivity index is 2.17. The van der Waals surface area contributed by atoms with Crippen molar-refractivity contribution in [3.05, 3.63) is 35.9 Å². The largest absolute Gasteiger partial charge is 0.341 e. The summed E-state index contributed by atoms with van der Waals surface area (Å²) in [7, 11) is 2.07. The molecule has 3 heteroatoms. The smallest absolute Gasteiger partial charge is 0.244 e. The number of hydrogen-bond acceptors (Lipinski definition) is 2. The lowest BCUT2D eigenvalue weighted by Crippen LogP contribution is -2.40. The molecule has 1 aliphatic rings. The van der Waals surface area contributed by atoms with Crippen molar-refractivity contribution in [2.24, 2.45) is 0 Å². The number of amides is 1. The first kappa shape index (κ1) is 15.0. The van der Waals surface area contributed by atoms with Gasteiger partial charge in [-0.3, -0.25) is 9.69 Å². The Morgan fingerprint density at radius 1 is 1.25 bits per heavy atom. The van der Waals surface area contributed by atoms with Gasteiger partial charge < -0.3 is 4.90 Å². The van der Waals surface area contributed by atoms with Gasteiger partial charge in [-0.1, -0.05) is 43.7 Å². The van der Waals surface area contributed by atoms with Crippen molar-refractivity contribution in [2.75, 3.05) is 26.7 Å². The molecule has 0 aromatic heterocycles. The number of benzene rings is 1. The van der Waals surface area contributed by atoms with Crippen LogP contribution in [0.3, 0.4) is 0 Å². The average molecular weight is 274 g/mol. The molecule has 2 rings (SSSR count). The summed E-state index contributed by atoms with van der Waals surface area (Å²) in [4.78, 5) is 17.1. The van der Waals surface area contributed by atoms with E-state index < -0.39 is 0 Å². The van der Waals surface area contributed by atoms with Crippen molar-refractivity contribution in [3.8, 4) is 0 Å². The Bertz CT molecular complexity index is 412. The molecule has 1 aromatic rings. The summed E-state index contributed by atoms with van der Waals surface area (Å²) in [5.41, 5.74) is 1.11. The van der Waals surface area contributed by atoms with E-state index in [1.807, 2.05) is 23.1 Å². The highest BCUT2D eigenvalue weighted by molar-refractivity contribution is 5.83. The van der Waals surface area contributed by atoms with Crippen LogP contribution in [-0.2, 0) is 4.79 Å². The van der Waals surface area contributed by atoms with Crippen LogP contribution < -0.4 is 0 Å². The lowest BCUT2D eigenvalue weighted by molar-refractivity contribution is -0.135. The quantitative estimate of drug-likeness (QED) is 0.796. The standard InChI is InChI=1S/C17H26N2O/c1-3-4-12-18(2)16(15-10-6-5-7-11-15)17(20)19-13-8-9-14-19/h5-7,10-11,16H,3-4,8-9,12-14H2,1-2H3. The fourth-order valence-electron chi connectivity index (χ4n) is 2.87. The second kappa shape index (κ2) is 7.44. The first-order valence-electron chi connectivity index (χ1n) is 7.78. The minimum absolute atomic E-state index is 0.124. The van der Waals surface area contributed by atoms with E-state index in [-0.39, 0.29) is 11.9 Å². The molecule has 1 atom stereocenters. The highest BCUT2D eigenvalue weighted by atomic mass is 16.2. The Labute approximate surface area is 122 Å². The van der Waals surface area contributed by atoms with E-state index in [9.17, 15) is 4.79 Å². The minimum Gasteiger partial charge on any atom is -0.341 e. The van der Waals surface area contributed by atoms with E-state index in [4.69, 9.17) is 0 Å². The van der Waals surface area contributed by atoms with Crippen LogP contribution in [0.15, 0.2) is 30.3 Å². The SMILES string of the molecule is CCCCN(C)C(C(=O)N1CCCC1)c1ccccc1. The zero-order valence-electron chi connectivity index (χ0n) is 12.7. The van der Waals surface area contributed by atoms with E-state index in [1.165, 1.54) is 0 Å². The van der Waals surface area contributed by atoms with Gasteiger partial charge in [-0.25, -0.2) is 0 Å². The van der Waals surface area contributed by atoms with Crippen LogP contribution in [0.25, 0.3) is 0 Å². The zero-order valence-corrected chi connectivity index (χ0v) is 12.7. The molecule has 0 spiro atoms. The van der Waals surface area contributed by atoms with Crippen molar-refractivity contribution in [1.29, 1.82) is 0 Å². The summed E-state index contributed by atoms with van der Waals surface area (Å²) < 4.78 is 0. The highest BCUT2D eigenvalue weighted by Crippen LogP contribution is 2.24. The summed E-state index contributed by atoms with van der Waals surface area (Å²) >= 11 is 0. The van der Waals surface area contributed by atoms with E-state index >= 15 is 0 Å². The van der Waals surface area contributed by atoms with Gasteiger partial charge in [-0.2, -0.15) is 0 Å². The lowest BCUT2D eigenvalue weighted by Gasteiger charge is -2.31. The van der Waals surface area contributed by atoms with Crippen molar-refractivity contribution < 1.29 is 4.79 Å². The van der Waals surface area contributed by atoms with Crippen LogP contribution in [0, 0.1) is 0 Å². The normalized spacial score (nSPS) is 16.6. The Hall–Kier alpha value is -1.35. The van der Waals surface area contributed by atoms with Crippen molar-refractivity contribution >= 4 is 5.91 Å². The van der Waals surface area contributed by atoms with Crippen LogP contribution in [0.2, 0.25) is 0 Å². The molecule has 1 aliphatic heterocycles. The number of rotatable bonds is 6. The van der Waals surface area contributed by atoms with Gasteiger partial charge in [0.2, 0.25) is 5.91 Å². The van der Waals surface area contributed by atoms with Crippen molar-refractivity contribution in [2.45, 2.75) is 38.6 Å². The summed E-state index contributed by atoms with van der Waals surface area (Å²) in [5, 5.41) is 0. The molecule has 1 aromatic carbocycles. The molecular formula is C17H26N2O. The third-order valence-electron chi connectivity index (χ3n) is 4.07. The van der Waals surface area contributed by atoms with E-state index in [0.717, 1.165) is 50.9 Å². The molecule has 20 heavy (non-hydrogen) atoms. The monoisotopic (exact) mass is 274 g/mol. The van der Waals surface area contributed by atoms with Gasteiger partial charge in [-0.05, 0) is 38.4 Å². The number of carbonyl (C=O) groups excluding carboxylic acids is 1. The first-order chi connectivity index (χ1) is 9.74. The lowest BCUT2D eigenvalue weighted by atomic mass is 10.0. The maximum atomic E-state index is 12.8. The molecule has 0 saturated carbocycles. The van der Waals surface area contributed by atoms with E-state index in [2.05, 4.69) is 31.0 Å². The molecular weight excluding hydrogens is 248 g/mol. The maximum Gasteiger partial charge on any atom is 0.244 e. The van der Waals surface area contributed by atoms with Gasteiger partial charge in [0.25, 0.3) is 0 Å². The Morgan fingerprint density at radius 2 is 1.90 bits per heavy atom. The number of likely N-dealkylation sites (N-methyl/N-ethyl adjacent to an activating group) is 1. The van der Waals surface area contributed by atoms with Gasteiger partial charge >= 0.3 is 0 Å². The summed E-state index contributed by atoms with van der Waals surface area (Å²) in [6.45, 7) is 5.00. The molecule has 110 valence electrons. The fraction of sp³-hybridized carbons (Fsp3) is 0.588. The average Bonchev–Trinajstić information content (AvgIpc) is 3.00.